The molecule has 0 spiro atoms. The van der Waals surface area contributed by atoms with Crippen LogP contribution in [0.3, 0.4) is 0 Å². The normalized spacial score (nSPS) is 13.7. The van der Waals surface area contributed by atoms with Gasteiger partial charge in [0.25, 0.3) is 0 Å². The van der Waals surface area contributed by atoms with Crippen molar-refractivity contribution < 1.29 is 27.4 Å². The maximum atomic E-state index is 15.5. The molecule has 0 saturated carbocycles. The summed E-state index contributed by atoms with van der Waals surface area (Å²) in [6, 6.07) is 5.40. The summed E-state index contributed by atoms with van der Waals surface area (Å²) in [5.41, 5.74) is -0.831. The summed E-state index contributed by atoms with van der Waals surface area (Å²) in [6.45, 7) is -1.02. The topological polar surface area (TPSA) is 131 Å². The van der Waals surface area contributed by atoms with Crippen LogP contribution in [-0.4, -0.2) is 32.9 Å². The average molecular weight is 451 g/mol. The van der Waals surface area contributed by atoms with Gasteiger partial charge in [0.15, 0.2) is 5.60 Å². The average Bonchev–Trinajstić information content (AvgIpc) is 2.77. The zero-order valence-corrected chi connectivity index (χ0v) is 16.2. The fourth-order valence-electron chi connectivity index (χ4n) is 2.72. The summed E-state index contributed by atoms with van der Waals surface area (Å²) in [6.07, 6.45) is 4.69. The quantitative estimate of drug-likeness (QED) is 0.128. The number of hydrazine groups is 2. The molecular weight excluding hydrogens is 434 g/mol. The number of rotatable bonds is 9. The zero-order chi connectivity index (χ0) is 23.2. The van der Waals surface area contributed by atoms with E-state index in [4.69, 9.17) is 10.6 Å². The summed E-state index contributed by atoms with van der Waals surface area (Å²) >= 11 is 0. The molecule has 3 rings (SSSR count). The second kappa shape index (κ2) is 9.64. The van der Waals surface area contributed by atoms with Crippen LogP contribution < -0.4 is 21.5 Å². The molecular formula is C19H17F4N7O2. The van der Waals surface area contributed by atoms with Crippen molar-refractivity contribution in [1.29, 1.82) is 0 Å². The predicted molar refractivity (Wildman–Crippen MR) is 104 cm³/mol. The lowest BCUT2D eigenvalue weighted by Crippen LogP contribution is -2.47. The van der Waals surface area contributed by atoms with Crippen molar-refractivity contribution in [3.8, 4) is 11.8 Å². The van der Waals surface area contributed by atoms with E-state index in [2.05, 4.69) is 25.4 Å². The van der Waals surface area contributed by atoms with Gasteiger partial charge in [-0.2, -0.15) is 14.3 Å². The van der Waals surface area contributed by atoms with Crippen LogP contribution >= 0.6 is 0 Å². The molecule has 0 aliphatic rings. The maximum absolute atomic E-state index is 15.5. The molecule has 9 nitrogen and oxygen atoms in total. The lowest BCUT2D eigenvalue weighted by molar-refractivity contribution is -0.193. The minimum atomic E-state index is -4.17. The van der Waals surface area contributed by atoms with Crippen LogP contribution in [0, 0.1) is 11.6 Å². The Morgan fingerprint density at radius 3 is 2.50 bits per heavy atom. The van der Waals surface area contributed by atoms with E-state index in [0.717, 1.165) is 30.7 Å². The number of halogens is 4. The van der Waals surface area contributed by atoms with Crippen molar-refractivity contribution in [2.45, 2.75) is 11.5 Å². The Morgan fingerprint density at radius 1 is 1.12 bits per heavy atom. The molecule has 0 radical (unpaired) electrons. The molecule has 0 saturated heterocycles. The minimum absolute atomic E-state index is 0.0333. The van der Waals surface area contributed by atoms with Crippen molar-refractivity contribution in [2.24, 2.45) is 10.8 Å². The van der Waals surface area contributed by atoms with Crippen LogP contribution in [0.2, 0.25) is 0 Å². The number of pyridine rings is 1. The van der Waals surface area contributed by atoms with E-state index >= 15 is 8.78 Å². The first-order chi connectivity index (χ1) is 15.3. The van der Waals surface area contributed by atoms with Crippen LogP contribution in [0.4, 0.5) is 17.6 Å². The lowest BCUT2D eigenvalue weighted by Gasteiger charge is -2.35. The Morgan fingerprint density at radius 2 is 1.88 bits per heavy atom. The van der Waals surface area contributed by atoms with Gasteiger partial charge in [-0.1, -0.05) is 0 Å². The number of aliphatic hydroxyl groups is 1. The Hall–Kier alpha value is -3.68. The van der Waals surface area contributed by atoms with E-state index in [1.807, 2.05) is 5.53 Å². The van der Waals surface area contributed by atoms with Gasteiger partial charge in [0.1, 0.15) is 23.1 Å². The van der Waals surface area contributed by atoms with Crippen LogP contribution in [0.5, 0.6) is 11.8 Å². The third-order valence-electron chi connectivity index (χ3n) is 4.26. The van der Waals surface area contributed by atoms with Crippen LogP contribution in [0.15, 0.2) is 60.0 Å². The van der Waals surface area contributed by atoms with E-state index in [1.165, 1.54) is 12.4 Å². The fraction of sp³-hybridized carbons (Fsp3) is 0.158. The second-order valence-electron chi connectivity index (χ2n) is 6.33. The van der Waals surface area contributed by atoms with Gasteiger partial charge >= 0.3 is 11.9 Å². The Bertz CT molecular complexity index is 1070. The summed E-state index contributed by atoms with van der Waals surface area (Å²) in [4.78, 5) is 14.9. The highest BCUT2D eigenvalue weighted by Crippen LogP contribution is 2.46. The number of benzene rings is 1. The number of alkyl halides is 2. The van der Waals surface area contributed by atoms with Crippen LogP contribution in [0.25, 0.3) is 0 Å². The van der Waals surface area contributed by atoms with Gasteiger partial charge in [-0.15, -0.1) is 0 Å². The summed E-state index contributed by atoms with van der Waals surface area (Å²) in [5.74, 6) is -1.52. The van der Waals surface area contributed by atoms with Gasteiger partial charge in [-0.05, 0) is 30.3 Å². The van der Waals surface area contributed by atoms with Gasteiger partial charge in [0, 0.05) is 24.0 Å². The van der Waals surface area contributed by atoms with Gasteiger partial charge in [0.2, 0.25) is 0 Å². The molecule has 2 aromatic heterocycles. The van der Waals surface area contributed by atoms with Crippen molar-refractivity contribution in [2.75, 3.05) is 6.54 Å². The standard InChI is InChI=1S/C19H17F4N7O2/c20-12-2-4-14(15(21)8-12)18(31,10-25-11-29-30-24)19(22,23)16-5-3-13(9-28-16)32-17-26-6-1-7-27-17/h1-9,11,30-31H,10,24H2,(H,25,29). The molecule has 32 heavy (non-hydrogen) atoms. The molecule has 1 aromatic carbocycles. The summed E-state index contributed by atoms with van der Waals surface area (Å²) in [7, 11) is 0. The smallest absolute Gasteiger partial charge is 0.323 e. The number of nitrogens with two attached hydrogens (primary N) is 1. The Labute approximate surface area is 179 Å². The molecule has 13 heteroatoms. The van der Waals surface area contributed by atoms with Crippen molar-refractivity contribution >= 4 is 6.34 Å². The monoisotopic (exact) mass is 451 g/mol. The number of hydrogen-bond donors (Lipinski definition) is 4. The minimum Gasteiger partial charge on any atom is -0.423 e. The summed E-state index contributed by atoms with van der Waals surface area (Å²) in [5, 5.41) is 10.9. The molecule has 1 atom stereocenters. The number of aromatic nitrogens is 3. The molecule has 0 bridgehead atoms. The number of nitrogens with zero attached hydrogens (tertiary/aromatic N) is 4. The molecule has 0 aliphatic heterocycles. The first kappa shape index (κ1) is 23.0. The number of aliphatic imine (C=N–C) groups is 1. The highest BCUT2D eigenvalue weighted by Gasteiger charge is 2.57. The molecule has 5 N–H and O–H groups in total. The van der Waals surface area contributed by atoms with Crippen LogP contribution in [-0.2, 0) is 11.5 Å². The molecule has 0 fully saturated rings. The summed E-state index contributed by atoms with van der Waals surface area (Å²) < 4.78 is 63.9. The Balaban J connectivity index is 1.96. The lowest BCUT2D eigenvalue weighted by atomic mass is 9.84. The van der Waals surface area contributed by atoms with Gasteiger partial charge in [0.05, 0.1) is 19.1 Å². The van der Waals surface area contributed by atoms with Gasteiger partial charge in [-0.3, -0.25) is 21.2 Å². The third-order valence-corrected chi connectivity index (χ3v) is 4.26. The Kier molecular flexibility index (Phi) is 6.92. The largest absolute Gasteiger partial charge is 0.423 e. The first-order valence-electron chi connectivity index (χ1n) is 8.94. The molecule has 168 valence electrons. The zero-order valence-electron chi connectivity index (χ0n) is 16.2. The van der Waals surface area contributed by atoms with Gasteiger partial charge < -0.3 is 9.84 Å². The van der Waals surface area contributed by atoms with Crippen molar-refractivity contribution in [3.05, 3.63) is 77.9 Å². The predicted octanol–water partition coefficient (Wildman–Crippen LogP) is 1.92. The molecule has 0 aliphatic carbocycles. The second-order valence-corrected chi connectivity index (χ2v) is 6.33. The number of hydrogen-bond acceptors (Lipinski definition) is 8. The highest BCUT2D eigenvalue weighted by atomic mass is 19.3. The third kappa shape index (κ3) is 4.80. The number of ether oxygens (including phenoxy) is 1. The SMILES string of the molecule is NNNC=NCC(O)(c1ccc(F)cc1F)C(F)(F)c1ccc(Oc2ncccn2)cn1. The van der Waals surface area contributed by atoms with Crippen molar-refractivity contribution in [3.63, 3.8) is 0 Å². The fourth-order valence-corrected chi connectivity index (χ4v) is 2.72. The molecule has 3 aromatic rings. The number of nitrogens with one attached hydrogen (secondary N) is 2. The van der Waals surface area contributed by atoms with Crippen LogP contribution in [0.1, 0.15) is 11.3 Å². The van der Waals surface area contributed by atoms with E-state index in [9.17, 15) is 13.9 Å². The van der Waals surface area contributed by atoms with E-state index < -0.39 is 41.0 Å². The van der Waals surface area contributed by atoms with E-state index in [-0.39, 0.29) is 11.8 Å². The van der Waals surface area contributed by atoms with Crippen molar-refractivity contribution in [1.82, 2.24) is 25.9 Å². The molecule has 2 heterocycles. The maximum Gasteiger partial charge on any atom is 0.323 e. The molecule has 1 unspecified atom stereocenters. The van der Waals surface area contributed by atoms with Gasteiger partial charge in [-0.25, -0.2) is 18.7 Å². The molecule has 0 amide bonds. The highest BCUT2D eigenvalue weighted by molar-refractivity contribution is 5.53. The van der Waals surface area contributed by atoms with E-state index in [1.54, 1.807) is 6.07 Å². The first-order valence-corrected chi connectivity index (χ1v) is 8.94. The van der Waals surface area contributed by atoms with E-state index in [0.29, 0.717) is 12.1 Å².